The molecule has 2 aromatic rings. The second-order valence-electron chi connectivity index (χ2n) is 6.27. The highest BCUT2D eigenvalue weighted by atomic mass is 19.4. The van der Waals surface area contributed by atoms with Gasteiger partial charge in [-0.2, -0.15) is 17.6 Å². The zero-order valence-corrected chi connectivity index (χ0v) is 13.9. The summed E-state index contributed by atoms with van der Waals surface area (Å²) in [6, 6.07) is 4.62. The third-order valence-corrected chi connectivity index (χ3v) is 4.49. The molecular formula is C18H15F5N2O2. The number of hydrogen-bond donors (Lipinski definition) is 2. The lowest BCUT2D eigenvalue weighted by molar-refractivity contribution is -0.138. The summed E-state index contributed by atoms with van der Waals surface area (Å²) in [7, 11) is 0. The van der Waals surface area contributed by atoms with Crippen molar-refractivity contribution in [2.75, 3.05) is 0 Å². The van der Waals surface area contributed by atoms with Crippen molar-refractivity contribution >= 4 is 5.91 Å². The fourth-order valence-electron chi connectivity index (χ4n) is 3.18. The van der Waals surface area contributed by atoms with Crippen LogP contribution in [-0.4, -0.2) is 16.0 Å². The lowest BCUT2D eigenvalue weighted by Gasteiger charge is -2.27. The Kier molecular flexibility index (Phi) is 5.14. The van der Waals surface area contributed by atoms with Gasteiger partial charge >= 0.3 is 6.18 Å². The lowest BCUT2D eigenvalue weighted by Crippen LogP contribution is -2.33. The number of nitrogens with one attached hydrogen (secondary N) is 1. The molecule has 1 aromatic carbocycles. The van der Waals surface area contributed by atoms with Gasteiger partial charge in [0.15, 0.2) is 0 Å². The Morgan fingerprint density at radius 2 is 1.93 bits per heavy atom. The van der Waals surface area contributed by atoms with Crippen LogP contribution in [0, 0.1) is 11.8 Å². The first-order valence-corrected chi connectivity index (χ1v) is 8.14. The van der Waals surface area contributed by atoms with Crippen molar-refractivity contribution in [3.8, 4) is 0 Å². The molecule has 27 heavy (non-hydrogen) atoms. The number of aliphatic hydroxyl groups is 1. The summed E-state index contributed by atoms with van der Waals surface area (Å²) in [6.07, 6.45) is -5.35. The van der Waals surface area contributed by atoms with Gasteiger partial charge in [0.05, 0.1) is 23.3 Å². The number of hydrogen-bond acceptors (Lipinski definition) is 3. The van der Waals surface area contributed by atoms with Crippen molar-refractivity contribution in [3.05, 3.63) is 64.5 Å². The molecule has 1 amide bonds. The van der Waals surface area contributed by atoms with Crippen molar-refractivity contribution in [2.45, 2.75) is 37.6 Å². The molecule has 0 saturated heterocycles. The van der Waals surface area contributed by atoms with Crippen LogP contribution in [0.15, 0.2) is 30.3 Å². The Balaban J connectivity index is 1.79. The number of alkyl halides is 3. The molecule has 1 aromatic heterocycles. The molecule has 1 aliphatic carbocycles. The minimum absolute atomic E-state index is 0.0548. The Morgan fingerprint density at radius 1 is 1.19 bits per heavy atom. The summed E-state index contributed by atoms with van der Waals surface area (Å²) in [6.45, 7) is -0.447. The van der Waals surface area contributed by atoms with Gasteiger partial charge in [0, 0.05) is 6.54 Å². The number of aliphatic hydroxyl groups excluding tert-OH is 1. The Bertz CT molecular complexity index is 869. The number of aromatic nitrogens is 1. The standard InChI is InChI=1S/C18H15F5N2O2/c19-10-2-1-9(13(7-10)18(21,22)23)8-24-17(27)12-3-5-14(26)16-11(12)4-6-15(20)25-16/h1-2,4,6-7,12,14,26H,3,5,8H2,(H,24,27). The monoisotopic (exact) mass is 386 g/mol. The van der Waals surface area contributed by atoms with Crippen LogP contribution >= 0.6 is 0 Å². The van der Waals surface area contributed by atoms with Gasteiger partial charge in [-0.1, -0.05) is 12.1 Å². The van der Waals surface area contributed by atoms with Gasteiger partial charge in [-0.25, -0.2) is 9.37 Å². The number of amides is 1. The van der Waals surface area contributed by atoms with Crippen LogP contribution in [-0.2, 0) is 17.5 Å². The first kappa shape index (κ1) is 19.2. The van der Waals surface area contributed by atoms with Crippen molar-refractivity contribution in [2.24, 2.45) is 0 Å². The van der Waals surface area contributed by atoms with E-state index in [1.807, 2.05) is 0 Å². The quantitative estimate of drug-likeness (QED) is 0.626. The maximum atomic E-state index is 13.3. The predicted octanol–water partition coefficient (Wildman–Crippen LogP) is 3.61. The molecule has 2 N–H and O–H groups in total. The number of halogens is 5. The third-order valence-electron chi connectivity index (χ3n) is 4.49. The number of fused-ring (bicyclic) bond motifs is 1. The van der Waals surface area contributed by atoms with Crippen molar-refractivity contribution < 1.29 is 31.9 Å². The second-order valence-corrected chi connectivity index (χ2v) is 6.27. The minimum atomic E-state index is -4.76. The molecule has 1 heterocycles. The fraction of sp³-hybridized carbons (Fsp3) is 0.333. The van der Waals surface area contributed by atoms with Gasteiger partial charge in [0.1, 0.15) is 5.82 Å². The summed E-state index contributed by atoms with van der Waals surface area (Å²) in [5, 5.41) is 12.3. The highest BCUT2D eigenvalue weighted by molar-refractivity contribution is 5.84. The van der Waals surface area contributed by atoms with Crippen LogP contribution in [0.1, 0.15) is 47.2 Å². The molecule has 0 spiro atoms. The van der Waals surface area contributed by atoms with E-state index in [-0.39, 0.29) is 24.1 Å². The molecule has 0 saturated carbocycles. The van der Waals surface area contributed by atoms with Gasteiger partial charge in [-0.15, -0.1) is 0 Å². The SMILES string of the molecule is O=C(NCc1ccc(F)cc1C(F)(F)F)C1CCC(O)c2nc(F)ccc21. The molecule has 0 radical (unpaired) electrons. The largest absolute Gasteiger partial charge is 0.416 e. The molecule has 144 valence electrons. The molecule has 2 unspecified atom stereocenters. The maximum absolute atomic E-state index is 13.3. The van der Waals surface area contributed by atoms with Gasteiger partial charge in [0.2, 0.25) is 11.9 Å². The van der Waals surface area contributed by atoms with Gasteiger partial charge in [-0.05, 0) is 42.2 Å². The summed E-state index contributed by atoms with van der Waals surface area (Å²) in [4.78, 5) is 16.1. The number of carbonyl (C=O) groups excluding carboxylic acids is 1. The van der Waals surface area contributed by atoms with Gasteiger partial charge < -0.3 is 10.4 Å². The molecule has 4 nitrogen and oxygen atoms in total. The zero-order valence-electron chi connectivity index (χ0n) is 13.9. The van der Waals surface area contributed by atoms with E-state index in [1.54, 1.807) is 0 Å². The molecule has 0 aliphatic heterocycles. The van der Waals surface area contributed by atoms with E-state index >= 15 is 0 Å². The number of nitrogens with zero attached hydrogens (tertiary/aromatic N) is 1. The van der Waals surface area contributed by atoms with E-state index in [0.717, 1.165) is 18.2 Å². The Labute approximate surface area is 151 Å². The van der Waals surface area contributed by atoms with Crippen molar-refractivity contribution in [1.82, 2.24) is 10.3 Å². The summed E-state index contributed by atoms with van der Waals surface area (Å²) in [5.41, 5.74) is -1.04. The van der Waals surface area contributed by atoms with Crippen molar-refractivity contribution in [1.29, 1.82) is 0 Å². The first-order valence-electron chi connectivity index (χ1n) is 8.14. The van der Waals surface area contributed by atoms with E-state index < -0.39 is 48.0 Å². The maximum Gasteiger partial charge on any atom is 0.416 e. The van der Waals surface area contributed by atoms with Crippen LogP contribution in [0.2, 0.25) is 0 Å². The van der Waals surface area contributed by atoms with Crippen LogP contribution in [0.4, 0.5) is 22.0 Å². The number of benzene rings is 1. The molecule has 0 bridgehead atoms. The summed E-state index contributed by atoms with van der Waals surface area (Å²) in [5.74, 6) is -3.17. The molecule has 3 rings (SSSR count). The van der Waals surface area contributed by atoms with E-state index in [0.29, 0.717) is 11.6 Å². The first-order chi connectivity index (χ1) is 12.7. The van der Waals surface area contributed by atoms with E-state index in [9.17, 15) is 31.9 Å². The highest BCUT2D eigenvalue weighted by Crippen LogP contribution is 2.37. The van der Waals surface area contributed by atoms with E-state index in [4.69, 9.17) is 0 Å². The topological polar surface area (TPSA) is 62.2 Å². The number of carbonyl (C=O) groups is 1. The molecule has 1 aliphatic rings. The second kappa shape index (κ2) is 7.22. The van der Waals surface area contributed by atoms with Crippen LogP contribution < -0.4 is 5.32 Å². The molecule has 9 heteroatoms. The van der Waals surface area contributed by atoms with E-state index in [1.165, 1.54) is 6.07 Å². The summed E-state index contributed by atoms with van der Waals surface area (Å²) >= 11 is 0. The van der Waals surface area contributed by atoms with Crippen LogP contribution in [0.5, 0.6) is 0 Å². The zero-order chi connectivity index (χ0) is 19.8. The number of pyridine rings is 1. The fourth-order valence-corrected chi connectivity index (χ4v) is 3.18. The normalized spacial score (nSPS) is 19.5. The highest BCUT2D eigenvalue weighted by Gasteiger charge is 2.35. The molecule has 2 atom stereocenters. The molecule has 0 fully saturated rings. The van der Waals surface area contributed by atoms with Crippen molar-refractivity contribution in [3.63, 3.8) is 0 Å². The van der Waals surface area contributed by atoms with E-state index in [2.05, 4.69) is 10.3 Å². The van der Waals surface area contributed by atoms with Gasteiger partial charge in [0.25, 0.3) is 0 Å². The lowest BCUT2D eigenvalue weighted by atomic mass is 9.83. The predicted molar refractivity (Wildman–Crippen MR) is 84.4 cm³/mol. The Hall–Kier alpha value is -2.55. The average Bonchev–Trinajstić information content (AvgIpc) is 2.60. The summed E-state index contributed by atoms with van der Waals surface area (Å²) < 4.78 is 65.6. The van der Waals surface area contributed by atoms with Crippen LogP contribution in [0.3, 0.4) is 0 Å². The molecular weight excluding hydrogens is 371 g/mol. The minimum Gasteiger partial charge on any atom is -0.387 e. The van der Waals surface area contributed by atoms with Crippen LogP contribution in [0.25, 0.3) is 0 Å². The third kappa shape index (κ3) is 4.08. The van der Waals surface area contributed by atoms with Gasteiger partial charge in [-0.3, -0.25) is 4.79 Å². The number of rotatable bonds is 3. The Morgan fingerprint density at radius 3 is 2.63 bits per heavy atom. The average molecular weight is 386 g/mol. The smallest absolute Gasteiger partial charge is 0.387 e.